The maximum Gasteiger partial charge on any atom is 0.255 e. The highest BCUT2D eigenvalue weighted by Gasteiger charge is 2.12. The van der Waals surface area contributed by atoms with E-state index in [1.165, 1.54) is 7.11 Å². The highest BCUT2D eigenvalue weighted by atomic mass is 16.5. The van der Waals surface area contributed by atoms with Crippen LogP contribution in [0.2, 0.25) is 0 Å². The number of rotatable bonds is 6. The smallest absolute Gasteiger partial charge is 0.255 e. The van der Waals surface area contributed by atoms with E-state index in [0.29, 0.717) is 34.9 Å². The number of nitrogens with one attached hydrogen (secondary N) is 2. The van der Waals surface area contributed by atoms with Crippen LogP contribution in [0.3, 0.4) is 0 Å². The number of carbonyl (C=O) groups excluding carboxylic acids is 2. The minimum atomic E-state index is -0.294. The second-order valence-corrected chi connectivity index (χ2v) is 5.00. The van der Waals surface area contributed by atoms with Gasteiger partial charge in [0.1, 0.15) is 11.5 Å². The Morgan fingerprint density at radius 1 is 1.00 bits per heavy atom. The summed E-state index contributed by atoms with van der Waals surface area (Å²) in [5.74, 6) is 0.699. The molecule has 24 heavy (non-hydrogen) atoms. The number of benzene rings is 2. The lowest BCUT2D eigenvalue weighted by Crippen LogP contribution is -2.14. The second kappa shape index (κ2) is 8.01. The molecule has 0 unspecified atom stereocenters. The quantitative estimate of drug-likeness (QED) is 0.853. The summed E-state index contributed by atoms with van der Waals surface area (Å²) >= 11 is 0. The van der Waals surface area contributed by atoms with Gasteiger partial charge in [0.15, 0.2) is 0 Å². The molecule has 0 bridgehead atoms. The van der Waals surface area contributed by atoms with Crippen molar-refractivity contribution in [3.05, 3.63) is 48.0 Å². The Bertz CT molecular complexity index is 744. The number of carbonyl (C=O) groups is 2. The summed E-state index contributed by atoms with van der Waals surface area (Å²) in [5.41, 5.74) is 1.49. The minimum Gasteiger partial charge on any atom is -0.497 e. The van der Waals surface area contributed by atoms with Crippen LogP contribution in [0.1, 0.15) is 23.7 Å². The maximum atomic E-state index is 12.4. The monoisotopic (exact) mass is 328 g/mol. The van der Waals surface area contributed by atoms with E-state index in [4.69, 9.17) is 9.47 Å². The zero-order valence-corrected chi connectivity index (χ0v) is 13.9. The molecular weight excluding hydrogens is 308 g/mol. The zero-order chi connectivity index (χ0) is 17.5. The molecule has 2 N–H and O–H groups in total. The summed E-state index contributed by atoms with van der Waals surface area (Å²) < 4.78 is 10.3. The van der Waals surface area contributed by atoms with Crippen molar-refractivity contribution in [3.8, 4) is 11.5 Å². The lowest BCUT2D eigenvalue weighted by molar-refractivity contribution is -0.115. The van der Waals surface area contributed by atoms with E-state index in [1.54, 1.807) is 56.5 Å². The van der Waals surface area contributed by atoms with Crippen LogP contribution >= 0.6 is 0 Å². The topological polar surface area (TPSA) is 76.7 Å². The standard InChI is InChI=1S/C18H20N2O4/c1-4-17(21)20-15-10-12(8-9-16(15)24-3)18(22)19-13-6-5-7-14(11-13)23-2/h5-11H,4H2,1-3H3,(H,19,22)(H,20,21). The van der Waals surface area contributed by atoms with Gasteiger partial charge in [0.25, 0.3) is 5.91 Å². The van der Waals surface area contributed by atoms with Crippen LogP contribution in [0.25, 0.3) is 0 Å². The minimum absolute atomic E-state index is 0.154. The van der Waals surface area contributed by atoms with Gasteiger partial charge >= 0.3 is 0 Å². The van der Waals surface area contributed by atoms with Crippen molar-refractivity contribution in [2.75, 3.05) is 24.9 Å². The molecule has 2 aromatic carbocycles. The van der Waals surface area contributed by atoms with Gasteiger partial charge in [-0.05, 0) is 30.3 Å². The summed E-state index contributed by atoms with van der Waals surface area (Å²) in [7, 11) is 3.07. The molecule has 0 aliphatic rings. The molecule has 0 aliphatic heterocycles. The lowest BCUT2D eigenvalue weighted by Gasteiger charge is -2.12. The van der Waals surface area contributed by atoms with Crippen LogP contribution in [-0.2, 0) is 4.79 Å². The van der Waals surface area contributed by atoms with Crippen molar-refractivity contribution in [1.29, 1.82) is 0 Å². The van der Waals surface area contributed by atoms with E-state index in [1.807, 2.05) is 0 Å². The molecule has 0 saturated carbocycles. The first-order valence-electron chi connectivity index (χ1n) is 7.50. The molecule has 0 heterocycles. The fourth-order valence-corrected chi connectivity index (χ4v) is 2.09. The Hall–Kier alpha value is -3.02. The van der Waals surface area contributed by atoms with E-state index >= 15 is 0 Å². The summed E-state index contributed by atoms with van der Waals surface area (Å²) in [4.78, 5) is 24.0. The molecular formula is C18H20N2O4. The molecule has 0 aliphatic carbocycles. The molecule has 0 aromatic heterocycles. The normalized spacial score (nSPS) is 9.96. The third kappa shape index (κ3) is 4.25. The Balaban J connectivity index is 2.22. The average Bonchev–Trinajstić information content (AvgIpc) is 2.61. The number of ether oxygens (including phenoxy) is 2. The third-order valence-electron chi connectivity index (χ3n) is 3.38. The number of amides is 2. The largest absolute Gasteiger partial charge is 0.497 e. The molecule has 0 atom stereocenters. The van der Waals surface area contributed by atoms with Gasteiger partial charge in [-0.2, -0.15) is 0 Å². The third-order valence-corrected chi connectivity index (χ3v) is 3.38. The predicted octanol–water partition coefficient (Wildman–Crippen LogP) is 3.30. The van der Waals surface area contributed by atoms with Crippen molar-refractivity contribution in [2.45, 2.75) is 13.3 Å². The van der Waals surface area contributed by atoms with Gasteiger partial charge in [0, 0.05) is 23.7 Å². The van der Waals surface area contributed by atoms with E-state index in [-0.39, 0.29) is 11.8 Å². The number of anilines is 2. The highest BCUT2D eigenvalue weighted by molar-refractivity contribution is 6.05. The summed E-state index contributed by atoms with van der Waals surface area (Å²) in [6.45, 7) is 1.75. The van der Waals surface area contributed by atoms with Crippen molar-refractivity contribution < 1.29 is 19.1 Å². The Morgan fingerprint density at radius 3 is 2.46 bits per heavy atom. The first-order chi connectivity index (χ1) is 11.6. The van der Waals surface area contributed by atoms with Crippen LogP contribution in [0, 0.1) is 0 Å². The number of methoxy groups -OCH3 is 2. The molecule has 0 radical (unpaired) electrons. The SMILES string of the molecule is CCC(=O)Nc1cc(C(=O)Nc2cccc(OC)c2)ccc1OC. The van der Waals surface area contributed by atoms with Gasteiger partial charge in [-0.3, -0.25) is 9.59 Å². The van der Waals surface area contributed by atoms with Crippen LogP contribution in [0.5, 0.6) is 11.5 Å². The highest BCUT2D eigenvalue weighted by Crippen LogP contribution is 2.26. The molecule has 126 valence electrons. The molecule has 2 amide bonds. The molecule has 2 aromatic rings. The van der Waals surface area contributed by atoms with Crippen molar-refractivity contribution >= 4 is 23.2 Å². The van der Waals surface area contributed by atoms with E-state index < -0.39 is 0 Å². The molecule has 6 nitrogen and oxygen atoms in total. The Kier molecular flexibility index (Phi) is 5.78. The second-order valence-electron chi connectivity index (χ2n) is 5.00. The van der Waals surface area contributed by atoms with Gasteiger partial charge in [-0.15, -0.1) is 0 Å². The van der Waals surface area contributed by atoms with Crippen molar-refractivity contribution in [2.24, 2.45) is 0 Å². The van der Waals surface area contributed by atoms with Gasteiger partial charge in [0.2, 0.25) is 5.91 Å². The molecule has 0 fully saturated rings. The van der Waals surface area contributed by atoms with Crippen LogP contribution in [0.4, 0.5) is 11.4 Å². The fraction of sp³-hybridized carbons (Fsp3) is 0.222. The van der Waals surface area contributed by atoms with Gasteiger partial charge in [0.05, 0.1) is 19.9 Å². The molecule has 6 heteroatoms. The van der Waals surface area contributed by atoms with Crippen LogP contribution in [-0.4, -0.2) is 26.0 Å². The maximum absolute atomic E-state index is 12.4. The fourth-order valence-electron chi connectivity index (χ4n) is 2.09. The van der Waals surface area contributed by atoms with E-state index in [0.717, 1.165) is 0 Å². The van der Waals surface area contributed by atoms with Gasteiger partial charge < -0.3 is 20.1 Å². The first-order valence-corrected chi connectivity index (χ1v) is 7.50. The average molecular weight is 328 g/mol. The Morgan fingerprint density at radius 2 is 1.79 bits per heavy atom. The van der Waals surface area contributed by atoms with Crippen LogP contribution in [0.15, 0.2) is 42.5 Å². The van der Waals surface area contributed by atoms with Gasteiger partial charge in [-0.25, -0.2) is 0 Å². The predicted molar refractivity (Wildman–Crippen MR) is 92.9 cm³/mol. The number of hydrogen-bond donors (Lipinski definition) is 2. The summed E-state index contributed by atoms with van der Waals surface area (Å²) in [6, 6.07) is 11.9. The Labute approximate surface area is 140 Å². The van der Waals surface area contributed by atoms with Crippen molar-refractivity contribution in [1.82, 2.24) is 0 Å². The summed E-state index contributed by atoms with van der Waals surface area (Å²) in [6.07, 6.45) is 0.337. The first kappa shape index (κ1) is 17.3. The molecule has 2 rings (SSSR count). The molecule has 0 spiro atoms. The van der Waals surface area contributed by atoms with E-state index in [2.05, 4.69) is 10.6 Å². The van der Waals surface area contributed by atoms with E-state index in [9.17, 15) is 9.59 Å². The van der Waals surface area contributed by atoms with Gasteiger partial charge in [-0.1, -0.05) is 13.0 Å². The van der Waals surface area contributed by atoms with Crippen molar-refractivity contribution in [3.63, 3.8) is 0 Å². The lowest BCUT2D eigenvalue weighted by atomic mass is 10.1. The summed E-state index contributed by atoms with van der Waals surface area (Å²) in [5, 5.41) is 5.52. The zero-order valence-electron chi connectivity index (χ0n) is 13.9. The van der Waals surface area contributed by atoms with Crippen LogP contribution < -0.4 is 20.1 Å². The number of hydrogen-bond acceptors (Lipinski definition) is 4. The molecule has 0 saturated heterocycles.